The van der Waals surface area contributed by atoms with Gasteiger partial charge in [-0.1, -0.05) is 0 Å². The summed E-state index contributed by atoms with van der Waals surface area (Å²) < 4.78 is 7.69. The number of carbonyl (C=O) groups excluding carboxylic acids is 2. The summed E-state index contributed by atoms with van der Waals surface area (Å²) in [4.78, 5) is 30.1. The largest absolute Gasteiger partial charge is 0.374 e. The molecular formula is C17H27N5O3. The minimum Gasteiger partial charge on any atom is -0.374 e. The van der Waals surface area contributed by atoms with Gasteiger partial charge in [-0.15, -0.1) is 0 Å². The fourth-order valence-electron chi connectivity index (χ4n) is 3.48. The van der Waals surface area contributed by atoms with Gasteiger partial charge in [0, 0.05) is 58.6 Å². The molecular weight excluding hydrogens is 322 g/mol. The first-order chi connectivity index (χ1) is 12.0. The van der Waals surface area contributed by atoms with Gasteiger partial charge in [-0.3, -0.25) is 19.2 Å². The monoisotopic (exact) mass is 349 g/mol. The standard InChI is InChI=1S/C17H27N5O3/c1-14(17(24)20-8-6-19(7-9-20)15(2)23)21-10-11-25-16(12-21)13-22-5-3-4-18-22/h3-5,14,16H,6-13H2,1-2H3/t14-,16-/m0/s1. The maximum absolute atomic E-state index is 12.8. The number of hydrogen-bond acceptors (Lipinski definition) is 5. The summed E-state index contributed by atoms with van der Waals surface area (Å²) >= 11 is 0. The number of amides is 2. The van der Waals surface area contributed by atoms with E-state index in [4.69, 9.17) is 4.74 Å². The van der Waals surface area contributed by atoms with Crippen molar-refractivity contribution in [2.75, 3.05) is 45.9 Å². The lowest BCUT2D eigenvalue weighted by molar-refractivity contribution is -0.144. The first-order valence-electron chi connectivity index (χ1n) is 8.92. The van der Waals surface area contributed by atoms with Crippen molar-refractivity contribution in [3.8, 4) is 0 Å². The lowest BCUT2D eigenvalue weighted by Crippen LogP contribution is -2.57. The molecule has 1 aromatic heterocycles. The van der Waals surface area contributed by atoms with Crippen LogP contribution < -0.4 is 0 Å². The number of nitrogens with zero attached hydrogens (tertiary/aromatic N) is 5. The highest BCUT2D eigenvalue weighted by Crippen LogP contribution is 2.14. The highest BCUT2D eigenvalue weighted by molar-refractivity contribution is 5.82. The van der Waals surface area contributed by atoms with E-state index in [0.29, 0.717) is 39.3 Å². The summed E-state index contributed by atoms with van der Waals surface area (Å²) in [6.45, 7) is 8.83. The van der Waals surface area contributed by atoms with E-state index in [0.717, 1.165) is 13.1 Å². The Kier molecular flexibility index (Phi) is 5.70. The van der Waals surface area contributed by atoms with Crippen LogP contribution in [0.15, 0.2) is 18.5 Å². The van der Waals surface area contributed by atoms with Gasteiger partial charge < -0.3 is 14.5 Å². The number of aromatic nitrogens is 2. The van der Waals surface area contributed by atoms with E-state index >= 15 is 0 Å². The number of morpholine rings is 1. The summed E-state index contributed by atoms with van der Waals surface area (Å²) in [7, 11) is 0. The van der Waals surface area contributed by atoms with E-state index in [1.54, 1.807) is 18.0 Å². The summed E-state index contributed by atoms with van der Waals surface area (Å²) in [6.07, 6.45) is 3.72. The molecule has 2 saturated heterocycles. The van der Waals surface area contributed by atoms with Crippen LogP contribution >= 0.6 is 0 Å². The van der Waals surface area contributed by atoms with Crippen LogP contribution in [-0.4, -0.2) is 94.3 Å². The van der Waals surface area contributed by atoms with Crippen LogP contribution in [0.3, 0.4) is 0 Å². The van der Waals surface area contributed by atoms with Gasteiger partial charge in [-0.05, 0) is 13.0 Å². The highest BCUT2D eigenvalue weighted by atomic mass is 16.5. The van der Waals surface area contributed by atoms with Gasteiger partial charge in [0.15, 0.2) is 0 Å². The van der Waals surface area contributed by atoms with Crippen LogP contribution in [0.25, 0.3) is 0 Å². The second-order valence-corrected chi connectivity index (χ2v) is 6.72. The van der Waals surface area contributed by atoms with Gasteiger partial charge in [0.2, 0.25) is 11.8 Å². The molecule has 8 nitrogen and oxygen atoms in total. The van der Waals surface area contributed by atoms with Gasteiger partial charge >= 0.3 is 0 Å². The molecule has 2 aliphatic rings. The molecule has 3 rings (SSSR count). The minimum atomic E-state index is -0.173. The van der Waals surface area contributed by atoms with Crippen molar-refractivity contribution in [1.82, 2.24) is 24.5 Å². The average Bonchev–Trinajstić information content (AvgIpc) is 3.13. The van der Waals surface area contributed by atoms with Crippen molar-refractivity contribution in [2.24, 2.45) is 0 Å². The lowest BCUT2D eigenvalue weighted by atomic mass is 10.1. The first-order valence-corrected chi connectivity index (χ1v) is 8.92. The Morgan fingerprint density at radius 2 is 1.92 bits per heavy atom. The summed E-state index contributed by atoms with van der Waals surface area (Å²) in [6, 6.07) is 1.72. The second-order valence-electron chi connectivity index (χ2n) is 6.72. The molecule has 138 valence electrons. The molecule has 2 atom stereocenters. The molecule has 2 amide bonds. The van der Waals surface area contributed by atoms with Crippen LogP contribution in [0.5, 0.6) is 0 Å². The maximum Gasteiger partial charge on any atom is 0.239 e. The van der Waals surface area contributed by atoms with Crippen molar-refractivity contribution in [3.63, 3.8) is 0 Å². The molecule has 8 heteroatoms. The molecule has 3 heterocycles. The van der Waals surface area contributed by atoms with Crippen LogP contribution in [0.4, 0.5) is 0 Å². The fraction of sp³-hybridized carbons (Fsp3) is 0.706. The zero-order chi connectivity index (χ0) is 17.8. The molecule has 0 saturated carbocycles. The highest BCUT2D eigenvalue weighted by Gasteiger charge is 2.32. The van der Waals surface area contributed by atoms with Gasteiger partial charge in [-0.25, -0.2) is 0 Å². The SMILES string of the molecule is CC(=O)N1CCN(C(=O)[C@H](C)N2CCO[C@H](Cn3cccn3)C2)CC1. The third kappa shape index (κ3) is 4.38. The molecule has 0 aliphatic carbocycles. The molecule has 2 aliphatic heterocycles. The number of hydrogen-bond donors (Lipinski definition) is 0. The van der Waals surface area contributed by atoms with E-state index < -0.39 is 0 Å². The van der Waals surface area contributed by atoms with Crippen LogP contribution in [0, 0.1) is 0 Å². The smallest absolute Gasteiger partial charge is 0.239 e. The molecule has 2 fully saturated rings. The third-order valence-corrected chi connectivity index (χ3v) is 5.06. The predicted octanol–water partition coefficient (Wildman–Crippen LogP) is -0.337. The molecule has 1 aromatic rings. The average molecular weight is 349 g/mol. The molecule has 0 aromatic carbocycles. The number of ether oxygens (including phenoxy) is 1. The topological polar surface area (TPSA) is 70.9 Å². The molecule has 0 radical (unpaired) electrons. The van der Waals surface area contributed by atoms with E-state index in [1.807, 2.05) is 28.8 Å². The number of piperazine rings is 1. The Labute approximate surface area is 148 Å². The minimum absolute atomic E-state index is 0.0402. The van der Waals surface area contributed by atoms with Crippen molar-refractivity contribution in [3.05, 3.63) is 18.5 Å². The van der Waals surface area contributed by atoms with Crippen LogP contribution in [0.2, 0.25) is 0 Å². The second kappa shape index (κ2) is 7.97. The van der Waals surface area contributed by atoms with Gasteiger partial charge in [0.25, 0.3) is 0 Å². The molecule has 0 unspecified atom stereocenters. The van der Waals surface area contributed by atoms with E-state index in [9.17, 15) is 9.59 Å². The molecule has 0 bridgehead atoms. The molecule has 0 N–H and O–H groups in total. The van der Waals surface area contributed by atoms with Gasteiger partial charge in [-0.2, -0.15) is 5.10 Å². The fourth-order valence-corrected chi connectivity index (χ4v) is 3.48. The summed E-state index contributed by atoms with van der Waals surface area (Å²) in [5, 5.41) is 4.22. The van der Waals surface area contributed by atoms with E-state index in [-0.39, 0.29) is 24.0 Å². The van der Waals surface area contributed by atoms with Crippen molar-refractivity contribution < 1.29 is 14.3 Å². The number of rotatable bonds is 4. The van der Waals surface area contributed by atoms with E-state index in [2.05, 4.69) is 10.00 Å². The van der Waals surface area contributed by atoms with Gasteiger partial charge in [0.05, 0.1) is 25.3 Å². The summed E-state index contributed by atoms with van der Waals surface area (Å²) in [5.74, 6) is 0.220. The first kappa shape index (κ1) is 17.9. The summed E-state index contributed by atoms with van der Waals surface area (Å²) in [5.41, 5.74) is 0. The Bertz CT molecular complexity index is 583. The van der Waals surface area contributed by atoms with Crippen LogP contribution in [0.1, 0.15) is 13.8 Å². The Hall–Kier alpha value is -1.93. The quantitative estimate of drug-likeness (QED) is 0.744. The van der Waals surface area contributed by atoms with E-state index in [1.165, 1.54) is 0 Å². The van der Waals surface area contributed by atoms with Crippen molar-refractivity contribution in [2.45, 2.75) is 32.5 Å². The zero-order valence-corrected chi connectivity index (χ0v) is 15.0. The molecule has 0 spiro atoms. The lowest BCUT2D eigenvalue weighted by Gasteiger charge is -2.40. The zero-order valence-electron chi connectivity index (χ0n) is 15.0. The molecule has 25 heavy (non-hydrogen) atoms. The normalized spacial score (nSPS) is 23.5. The number of carbonyl (C=O) groups is 2. The maximum atomic E-state index is 12.8. The third-order valence-electron chi connectivity index (χ3n) is 5.06. The Balaban J connectivity index is 1.52. The Morgan fingerprint density at radius 1 is 1.20 bits per heavy atom. The van der Waals surface area contributed by atoms with Gasteiger partial charge in [0.1, 0.15) is 0 Å². The predicted molar refractivity (Wildman–Crippen MR) is 91.8 cm³/mol. The van der Waals surface area contributed by atoms with Crippen molar-refractivity contribution >= 4 is 11.8 Å². The van der Waals surface area contributed by atoms with Crippen molar-refractivity contribution in [1.29, 1.82) is 0 Å². The van der Waals surface area contributed by atoms with Crippen LogP contribution in [-0.2, 0) is 20.9 Å². The Morgan fingerprint density at radius 3 is 2.56 bits per heavy atom.